The average molecular weight is 378 g/mol. The van der Waals surface area contributed by atoms with Crippen LogP contribution < -0.4 is 15.5 Å². The first-order valence-electron chi connectivity index (χ1n) is 8.45. The second-order valence-corrected chi connectivity index (χ2v) is 6.93. The molecule has 1 amide bonds. The molecule has 0 bridgehead atoms. The van der Waals surface area contributed by atoms with E-state index in [0.29, 0.717) is 28.7 Å². The van der Waals surface area contributed by atoms with Crippen LogP contribution in [0.2, 0.25) is 10.0 Å². The standard InChI is InChI=1S/C19H21Cl2N3O/c20-14-3-8-17(21)18(13-14)23-19(25)9-10-22-15-4-6-16(7-5-15)24-11-1-2-12-24/h3-8,13,22H,1-2,9-12H2,(H,23,25). The van der Waals surface area contributed by atoms with Gasteiger partial charge in [0.25, 0.3) is 0 Å². The van der Waals surface area contributed by atoms with E-state index in [1.165, 1.54) is 18.5 Å². The summed E-state index contributed by atoms with van der Waals surface area (Å²) in [5, 5.41) is 7.06. The number of hydrogen-bond donors (Lipinski definition) is 2. The van der Waals surface area contributed by atoms with Crippen LogP contribution >= 0.6 is 23.2 Å². The van der Waals surface area contributed by atoms with Crippen molar-refractivity contribution < 1.29 is 4.79 Å². The second-order valence-electron chi connectivity index (χ2n) is 6.09. The van der Waals surface area contributed by atoms with Gasteiger partial charge in [0.15, 0.2) is 0 Å². The third-order valence-electron chi connectivity index (χ3n) is 4.22. The number of nitrogens with zero attached hydrogens (tertiary/aromatic N) is 1. The molecule has 0 aromatic heterocycles. The highest BCUT2D eigenvalue weighted by Crippen LogP contribution is 2.25. The lowest BCUT2D eigenvalue weighted by Crippen LogP contribution is -2.18. The van der Waals surface area contributed by atoms with Gasteiger partial charge in [-0.1, -0.05) is 23.2 Å². The Balaban J connectivity index is 1.45. The lowest BCUT2D eigenvalue weighted by Gasteiger charge is -2.18. The van der Waals surface area contributed by atoms with Crippen molar-refractivity contribution in [1.82, 2.24) is 0 Å². The Bertz CT molecular complexity index is 728. The van der Waals surface area contributed by atoms with E-state index in [-0.39, 0.29) is 5.91 Å². The number of carbonyl (C=O) groups excluding carboxylic acids is 1. The third kappa shape index (κ3) is 5.03. The molecule has 2 aromatic carbocycles. The quantitative estimate of drug-likeness (QED) is 0.741. The summed E-state index contributed by atoms with van der Waals surface area (Å²) in [7, 11) is 0. The molecule has 2 N–H and O–H groups in total. The summed E-state index contributed by atoms with van der Waals surface area (Å²) in [5.41, 5.74) is 2.81. The number of benzene rings is 2. The first kappa shape index (κ1) is 17.9. The van der Waals surface area contributed by atoms with Gasteiger partial charge < -0.3 is 15.5 Å². The summed E-state index contributed by atoms with van der Waals surface area (Å²) in [5.74, 6) is -0.106. The Hall–Kier alpha value is -1.91. The monoisotopic (exact) mass is 377 g/mol. The van der Waals surface area contributed by atoms with Gasteiger partial charge in [0.2, 0.25) is 5.91 Å². The van der Waals surface area contributed by atoms with Crippen molar-refractivity contribution in [2.24, 2.45) is 0 Å². The van der Waals surface area contributed by atoms with Crippen molar-refractivity contribution in [3.8, 4) is 0 Å². The van der Waals surface area contributed by atoms with E-state index in [4.69, 9.17) is 23.2 Å². The molecule has 1 saturated heterocycles. The highest BCUT2D eigenvalue weighted by Gasteiger charge is 2.11. The molecule has 1 aliphatic rings. The van der Waals surface area contributed by atoms with Crippen molar-refractivity contribution in [3.63, 3.8) is 0 Å². The van der Waals surface area contributed by atoms with E-state index >= 15 is 0 Å². The predicted octanol–water partition coefficient (Wildman–Crippen LogP) is 5.03. The molecule has 1 aliphatic heterocycles. The summed E-state index contributed by atoms with van der Waals surface area (Å²) in [6.07, 6.45) is 2.88. The topological polar surface area (TPSA) is 44.4 Å². The van der Waals surface area contributed by atoms with Gasteiger partial charge >= 0.3 is 0 Å². The van der Waals surface area contributed by atoms with Gasteiger partial charge in [-0.25, -0.2) is 0 Å². The first-order valence-corrected chi connectivity index (χ1v) is 9.21. The largest absolute Gasteiger partial charge is 0.385 e. The van der Waals surface area contributed by atoms with Crippen LogP contribution in [0.4, 0.5) is 17.1 Å². The Morgan fingerprint density at radius 2 is 1.76 bits per heavy atom. The van der Waals surface area contributed by atoms with Gasteiger partial charge in [-0.15, -0.1) is 0 Å². The van der Waals surface area contributed by atoms with Gasteiger partial charge in [-0.3, -0.25) is 4.79 Å². The molecule has 0 aliphatic carbocycles. The molecule has 0 unspecified atom stereocenters. The van der Waals surface area contributed by atoms with E-state index < -0.39 is 0 Å². The summed E-state index contributed by atoms with van der Waals surface area (Å²) >= 11 is 12.0. The summed E-state index contributed by atoms with van der Waals surface area (Å²) in [6.45, 7) is 2.82. The van der Waals surface area contributed by atoms with Crippen LogP contribution in [-0.2, 0) is 4.79 Å². The van der Waals surface area contributed by atoms with E-state index in [9.17, 15) is 4.79 Å². The zero-order valence-corrected chi connectivity index (χ0v) is 15.4. The Labute approximate surface area is 158 Å². The zero-order chi connectivity index (χ0) is 17.6. The van der Waals surface area contributed by atoms with Crippen LogP contribution in [0.25, 0.3) is 0 Å². The molecule has 25 heavy (non-hydrogen) atoms. The fraction of sp³-hybridized carbons (Fsp3) is 0.316. The molecule has 1 heterocycles. The van der Waals surface area contributed by atoms with Crippen molar-refractivity contribution in [2.75, 3.05) is 35.2 Å². The maximum absolute atomic E-state index is 12.0. The molecule has 1 fully saturated rings. The molecular formula is C19H21Cl2N3O. The lowest BCUT2D eigenvalue weighted by molar-refractivity contribution is -0.115. The van der Waals surface area contributed by atoms with Gasteiger partial charge in [0.1, 0.15) is 0 Å². The first-order chi connectivity index (χ1) is 12.1. The molecule has 2 aromatic rings. The number of nitrogens with one attached hydrogen (secondary N) is 2. The molecule has 0 radical (unpaired) electrons. The Morgan fingerprint density at radius 1 is 1.04 bits per heavy atom. The molecule has 3 rings (SSSR count). The molecule has 0 atom stereocenters. The second kappa shape index (κ2) is 8.45. The molecule has 132 valence electrons. The minimum Gasteiger partial charge on any atom is -0.385 e. The van der Waals surface area contributed by atoms with Gasteiger partial charge in [0, 0.05) is 42.5 Å². The van der Waals surface area contributed by atoms with Gasteiger partial charge in [-0.05, 0) is 55.3 Å². The smallest absolute Gasteiger partial charge is 0.226 e. The third-order valence-corrected chi connectivity index (χ3v) is 4.79. The number of anilines is 3. The number of hydrogen-bond acceptors (Lipinski definition) is 3. The highest BCUT2D eigenvalue weighted by atomic mass is 35.5. The van der Waals surface area contributed by atoms with Crippen molar-refractivity contribution in [2.45, 2.75) is 19.3 Å². The van der Waals surface area contributed by atoms with Crippen molar-refractivity contribution >= 4 is 46.2 Å². The molecule has 4 nitrogen and oxygen atoms in total. The van der Waals surface area contributed by atoms with Crippen LogP contribution in [-0.4, -0.2) is 25.5 Å². The summed E-state index contributed by atoms with van der Waals surface area (Å²) in [4.78, 5) is 14.4. The van der Waals surface area contributed by atoms with Crippen LogP contribution in [0.5, 0.6) is 0 Å². The minimum atomic E-state index is -0.106. The summed E-state index contributed by atoms with van der Waals surface area (Å²) in [6, 6.07) is 13.4. The highest BCUT2D eigenvalue weighted by molar-refractivity contribution is 6.35. The SMILES string of the molecule is O=C(CCNc1ccc(N2CCCC2)cc1)Nc1cc(Cl)ccc1Cl. The predicted molar refractivity (Wildman–Crippen MR) is 106 cm³/mol. The average Bonchev–Trinajstić information content (AvgIpc) is 3.13. The maximum Gasteiger partial charge on any atom is 0.226 e. The van der Waals surface area contributed by atoms with Crippen molar-refractivity contribution in [3.05, 3.63) is 52.5 Å². The number of halogens is 2. The minimum absolute atomic E-state index is 0.106. The molecule has 6 heteroatoms. The fourth-order valence-corrected chi connectivity index (χ4v) is 3.23. The normalized spacial score (nSPS) is 13.8. The van der Waals surface area contributed by atoms with Crippen LogP contribution in [0.15, 0.2) is 42.5 Å². The number of rotatable bonds is 6. The fourth-order valence-electron chi connectivity index (χ4n) is 2.89. The van der Waals surface area contributed by atoms with E-state index in [0.717, 1.165) is 18.8 Å². The van der Waals surface area contributed by atoms with E-state index in [1.807, 2.05) is 0 Å². The van der Waals surface area contributed by atoms with Gasteiger partial charge in [0.05, 0.1) is 10.7 Å². The van der Waals surface area contributed by atoms with Crippen LogP contribution in [0, 0.1) is 0 Å². The Kier molecular flexibility index (Phi) is 6.05. The molecule has 0 saturated carbocycles. The van der Waals surface area contributed by atoms with Crippen molar-refractivity contribution in [1.29, 1.82) is 0 Å². The van der Waals surface area contributed by atoms with Gasteiger partial charge in [-0.2, -0.15) is 0 Å². The molecular weight excluding hydrogens is 357 g/mol. The number of amides is 1. The summed E-state index contributed by atoms with van der Waals surface area (Å²) < 4.78 is 0. The van der Waals surface area contributed by atoms with Crippen LogP contribution in [0.3, 0.4) is 0 Å². The van der Waals surface area contributed by atoms with E-state index in [2.05, 4.69) is 39.8 Å². The number of carbonyl (C=O) groups is 1. The zero-order valence-electron chi connectivity index (χ0n) is 13.9. The maximum atomic E-state index is 12.0. The van der Waals surface area contributed by atoms with E-state index in [1.54, 1.807) is 18.2 Å². The lowest BCUT2D eigenvalue weighted by atomic mass is 10.2. The van der Waals surface area contributed by atoms with Crippen LogP contribution in [0.1, 0.15) is 19.3 Å². The Morgan fingerprint density at radius 3 is 2.48 bits per heavy atom. The molecule has 0 spiro atoms.